The average molecular weight is 402 g/mol. The fraction of sp³-hybridized carbons (Fsp3) is 0.238. The number of amides is 2. The molecule has 1 aliphatic rings. The third-order valence-electron chi connectivity index (χ3n) is 3.91. The number of nitrogens with zero attached hydrogens (tertiary/aromatic N) is 1. The second kappa shape index (κ2) is 8.19. The Kier molecular flexibility index (Phi) is 5.92. The summed E-state index contributed by atoms with van der Waals surface area (Å²) in [6.07, 6.45) is 0. The van der Waals surface area contributed by atoms with Gasteiger partial charge in [0.2, 0.25) is 0 Å². The molecular formula is C21H20ClNO3S. The van der Waals surface area contributed by atoms with E-state index in [1.54, 1.807) is 48.5 Å². The number of halogens is 1. The fourth-order valence-electron chi connectivity index (χ4n) is 2.84. The monoisotopic (exact) mass is 401 g/mol. The number of anilines is 1. The number of imide groups is 1. The Morgan fingerprint density at radius 2 is 1.78 bits per heavy atom. The lowest BCUT2D eigenvalue weighted by Gasteiger charge is -2.16. The van der Waals surface area contributed by atoms with Gasteiger partial charge in [-0.25, -0.2) is 4.90 Å². The van der Waals surface area contributed by atoms with Gasteiger partial charge in [-0.2, -0.15) is 0 Å². The highest BCUT2D eigenvalue weighted by molar-refractivity contribution is 8.04. The van der Waals surface area contributed by atoms with Crippen LogP contribution in [0, 0.1) is 0 Å². The predicted molar refractivity (Wildman–Crippen MR) is 111 cm³/mol. The molecule has 0 unspecified atom stereocenters. The minimum absolute atomic E-state index is 0.161. The molecule has 0 atom stereocenters. The Morgan fingerprint density at radius 3 is 2.41 bits per heavy atom. The summed E-state index contributed by atoms with van der Waals surface area (Å²) in [6.45, 7) is 6.38. The predicted octanol–water partition coefficient (Wildman–Crippen LogP) is 5.16. The Labute approximate surface area is 168 Å². The molecule has 0 bridgehead atoms. The number of ether oxygens (including phenoxy) is 1. The van der Waals surface area contributed by atoms with E-state index in [0.29, 0.717) is 39.1 Å². The number of thioether (sulfide) groups is 1. The molecular weight excluding hydrogens is 382 g/mol. The first-order chi connectivity index (χ1) is 12.9. The summed E-state index contributed by atoms with van der Waals surface area (Å²) in [5, 5.41) is 0.740. The third-order valence-corrected chi connectivity index (χ3v) is 5.25. The lowest BCUT2D eigenvalue weighted by Crippen LogP contribution is -2.31. The molecule has 1 aliphatic heterocycles. The third kappa shape index (κ3) is 4.04. The van der Waals surface area contributed by atoms with E-state index in [9.17, 15) is 9.59 Å². The molecule has 0 N–H and O–H groups in total. The second-order valence-electron chi connectivity index (χ2n) is 6.25. The van der Waals surface area contributed by atoms with E-state index in [1.807, 2.05) is 20.8 Å². The molecule has 0 aromatic heterocycles. The number of hydrogen-bond donors (Lipinski definition) is 0. The quantitative estimate of drug-likeness (QED) is 0.627. The Morgan fingerprint density at radius 1 is 1.07 bits per heavy atom. The van der Waals surface area contributed by atoms with Gasteiger partial charge in [0.1, 0.15) is 5.75 Å². The number of rotatable bonds is 6. The molecule has 2 amide bonds. The van der Waals surface area contributed by atoms with Gasteiger partial charge in [0, 0.05) is 16.3 Å². The van der Waals surface area contributed by atoms with Gasteiger partial charge in [0.25, 0.3) is 11.8 Å². The van der Waals surface area contributed by atoms with Crippen LogP contribution in [0.5, 0.6) is 5.75 Å². The molecule has 0 fully saturated rings. The molecule has 4 nitrogen and oxygen atoms in total. The number of carbonyl (C=O) groups is 2. The normalized spacial score (nSPS) is 14.5. The average Bonchev–Trinajstić information content (AvgIpc) is 2.86. The maximum Gasteiger partial charge on any atom is 0.272 e. The molecule has 27 heavy (non-hydrogen) atoms. The van der Waals surface area contributed by atoms with Gasteiger partial charge < -0.3 is 4.74 Å². The van der Waals surface area contributed by atoms with Crippen molar-refractivity contribution in [3.05, 3.63) is 64.0 Å². The number of carbonyl (C=O) groups excluding carboxylic acids is 2. The highest BCUT2D eigenvalue weighted by Crippen LogP contribution is 2.40. The number of hydrogen-bond acceptors (Lipinski definition) is 4. The van der Waals surface area contributed by atoms with E-state index in [-0.39, 0.29) is 17.1 Å². The van der Waals surface area contributed by atoms with E-state index >= 15 is 0 Å². The van der Waals surface area contributed by atoms with Crippen LogP contribution in [-0.2, 0) is 9.59 Å². The van der Waals surface area contributed by atoms with Crippen LogP contribution >= 0.6 is 23.4 Å². The molecule has 1 heterocycles. The van der Waals surface area contributed by atoms with Gasteiger partial charge in [-0.1, -0.05) is 43.6 Å². The summed E-state index contributed by atoms with van der Waals surface area (Å²) in [6, 6.07) is 14.0. The van der Waals surface area contributed by atoms with Crippen molar-refractivity contribution in [2.45, 2.75) is 26.0 Å². The van der Waals surface area contributed by atoms with E-state index in [2.05, 4.69) is 0 Å². The van der Waals surface area contributed by atoms with Crippen molar-refractivity contribution < 1.29 is 14.3 Å². The first kappa shape index (κ1) is 19.5. The van der Waals surface area contributed by atoms with Crippen molar-refractivity contribution >= 4 is 46.4 Å². The van der Waals surface area contributed by atoms with Gasteiger partial charge in [0.15, 0.2) is 0 Å². The summed E-state index contributed by atoms with van der Waals surface area (Å²) >= 11 is 7.38. The van der Waals surface area contributed by atoms with Crippen molar-refractivity contribution in [3.8, 4) is 5.75 Å². The molecule has 140 valence electrons. The maximum absolute atomic E-state index is 13.2. The zero-order valence-corrected chi connectivity index (χ0v) is 16.9. The molecule has 0 aliphatic carbocycles. The van der Waals surface area contributed by atoms with Crippen LogP contribution in [0.2, 0.25) is 5.02 Å². The lowest BCUT2D eigenvalue weighted by atomic mass is 10.1. The van der Waals surface area contributed by atoms with Crippen LogP contribution in [0.4, 0.5) is 5.69 Å². The summed E-state index contributed by atoms with van der Waals surface area (Å²) in [5.41, 5.74) is 1.60. The van der Waals surface area contributed by atoms with Crippen LogP contribution in [0.1, 0.15) is 26.3 Å². The van der Waals surface area contributed by atoms with E-state index < -0.39 is 0 Å². The highest BCUT2D eigenvalue weighted by Gasteiger charge is 2.40. The van der Waals surface area contributed by atoms with E-state index in [1.165, 1.54) is 16.7 Å². The Balaban J connectivity index is 2.06. The first-order valence-electron chi connectivity index (χ1n) is 8.71. The minimum atomic E-state index is -0.334. The van der Waals surface area contributed by atoms with E-state index in [0.717, 1.165) is 0 Å². The number of benzene rings is 2. The van der Waals surface area contributed by atoms with Crippen LogP contribution < -0.4 is 9.64 Å². The van der Waals surface area contributed by atoms with Crippen molar-refractivity contribution in [2.75, 3.05) is 11.5 Å². The van der Waals surface area contributed by atoms with Gasteiger partial charge in [-0.15, -0.1) is 11.8 Å². The minimum Gasteiger partial charge on any atom is -0.494 e. The summed E-state index contributed by atoms with van der Waals surface area (Å²) in [4.78, 5) is 28.0. The van der Waals surface area contributed by atoms with Gasteiger partial charge >= 0.3 is 0 Å². The summed E-state index contributed by atoms with van der Waals surface area (Å²) in [7, 11) is 0. The van der Waals surface area contributed by atoms with Crippen molar-refractivity contribution in [3.63, 3.8) is 0 Å². The highest BCUT2D eigenvalue weighted by atomic mass is 35.5. The summed E-state index contributed by atoms with van der Waals surface area (Å²) in [5.74, 6) is -0.0231. The SMILES string of the molecule is CCOc1cccc(N2C(=O)C(SC(C)C)=C(c3ccc(Cl)cc3)C2=O)c1. The zero-order chi connectivity index (χ0) is 19.6. The molecule has 0 spiro atoms. The topological polar surface area (TPSA) is 46.6 Å². The van der Waals surface area contributed by atoms with Crippen molar-refractivity contribution in [1.29, 1.82) is 0 Å². The molecule has 2 aromatic rings. The van der Waals surface area contributed by atoms with Crippen molar-refractivity contribution in [2.24, 2.45) is 0 Å². The van der Waals surface area contributed by atoms with Crippen LogP contribution in [0.3, 0.4) is 0 Å². The van der Waals surface area contributed by atoms with Crippen LogP contribution in [0.15, 0.2) is 53.4 Å². The van der Waals surface area contributed by atoms with E-state index in [4.69, 9.17) is 16.3 Å². The van der Waals surface area contributed by atoms with Crippen molar-refractivity contribution in [1.82, 2.24) is 0 Å². The van der Waals surface area contributed by atoms with Gasteiger partial charge in [-0.05, 0) is 36.8 Å². The van der Waals surface area contributed by atoms with Gasteiger partial charge in [-0.3, -0.25) is 9.59 Å². The maximum atomic E-state index is 13.2. The smallest absolute Gasteiger partial charge is 0.272 e. The lowest BCUT2D eigenvalue weighted by molar-refractivity contribution is -0.119. The molecule has 0 saturated heterocycles. The fourth-order valence-corrected chi connectivity index (χ4v) is 3.95. The largest absolute Gasteiger partial charge is 0.494 e. The molecule has 0 radical (unpaired) electrons. The first-order valence-corrected chi connectivity index (χ1v) is 9.96. The Hall–Kier alpha value is -2.24. The molecule has 6 heteroatoms. The zero-order valence-electron chi connectivity index (χ0n) is 15.4. The summed E-state index contributed by atoms with van der Waals surface area (Å²) < 4.78 is 5.51. The molecule has 3 rings (SSSR count). The van der Waals surface area contributed by atoms with Gasteiger partial charge in [0.05, 0.1) is 22.8 Å². The Bertz CT molecular complexity index is 906. The second-order valence-corrected chi connectivity index (χ2v) is 8.28. The van der Waals surface area contributed by atoms with Crippen LogP contribution in [-0.4, -0.2) is 23.7 Å². The molecule has 0 saturated carbocycles. The standard InChI is InChI=1S/C21H20ClNO3S/c1-4-26-17-7-5-6-16(12-17)23-20(24)18(14-8-10-15(22)11-9-14)19(21(23)25)27-13(2)3/h5-13H,4H2,1-3H3. The molecule has 2 aromatic carbocycles. The van der Waals surface area contributed by atoms with Crippen LogP contribution in [0.25, 0.3) is 5.57 Å².